The lowest BCUT2D eigenvalue weighted by Crippen LogP contribution is -2.46. The van der Waals surface area contributed by atoms with E-state index in [1.54, 1.807) is 18.2 Å². The monoisotopic (exact) mass is 474 g/mol. The smallest absolute Gasteiger partial charge is 0.328 e. The van der Waals surface area contributed by atoms with Crippen LogP contribution < -0.4 is 10.0 Å². The van der Waals surface area contributed by atoms with Crippen molar-refractivity contribution in [2.45, 2.75) is 43.7 Å². The van der Waals surface area contributed by atoms with Crippen molar-refractivity contribution in [2.24, 2.45) is 5.92 Å². The predicted octanol–water partition coefficient (Wildman–Crippen LogP) is 1.33. The third-order valence-corrected chi connectivity index (χ3v) is 6.25. The molecule has 0 bridgehead atoms. The first-order valence-corrected chi connectivity index (χ1v) is 12.6. The normalized spacial score (nSPS) is 13.3. The van der Waals surface area contributed by atoms with E-state index >= 15 is 0 Å². The highest BCUT2D eigenvalue weighted by atomic mass is 32.2. The molecule has 174 valence electrons. The van der Waals surface area contributed by atoms with E-state index in [4.69, 9.17) is 4.74 Å². The molecule has 31 heavy (non-hydrogen) atoms. The van der Waals surface area contributed by atoms with Crippen LogP contribution in [-0.2, 0) is 33.9 Å². The molecule has 0 saturated heterocycles. The van der Waals surface area contributed by atoms with Crippen LogP contribution >= 0.6 is 11.8 Å². The molecule has 1 aromatic rings. The fourth-order valence-corrected chi connectivity index (χ4v) is 4.33. The molecule has 0 aliphatic rings. The maximum Gasteiger partial charge on any atom is 0.328 e. The number of amides is 1. The Bertz CT molecular complexity index is 829. The standard InChI is InChI=1S/C20H30N2O7S2/c1-14(2)12-17(19(24)28-3)21-18(23)13-29-20(25)16(10-11-30-4)22-31(26,27)15-8-6-5-7-9-15/h5-9,14,16-17,22H,10-13H2,1-4H3,(H,21,23). The summed E-state index contributed by atoms with van der Waals surface area (Å²) in [5.41, 5.74) is 0. The summed E-state index contributed by atoms with van der Waals surface area (Å²) in [6, 6.07) is 5.63. The number of carbonyl (C=O) groups excluding carboxylic acids is 3. The maximum atomic E-state index is 12.5. The minimum atomic E-state index is -3.94. The molecule has 0 aliphatic heterocycles. The van der Waals surface area contributed by atoms with Crippen molar-refractivity contribution in [3.8, 4) is 0 Å². The summed E-state index contributed by atoms with van der Waals surface area (Å²) in [7, 11) is -2.72. The van der Waals surface area contributed by atoms with Gasteiger partial charge in [-0.05, 0) is 42.9 Å². The number of methoxy groups -OCH3 is 1. The van der Waals surface area contributed by atoms with Crippen molar-refractivity contribution >= 4 is 39.6 Å². The van der Waals surface area contributed by atoms with Crippen molar-refractivity contribution in [1.82, 2.24) is 10.0 Å². The summed E-state index contributed by atoms with van der Waals surface area (Å²) in [6.45, 7) is 3.13. The summed E-state index contributed by atoms with van der Waals surface area (Å²) in [4.78, 5) is 36.5. The Morgan fingerprint density at radius 2 is 1.71 bits per heavy atom. The fraction of sp³-hybridized carbons (Fsp3) is 0.550. The van der Waals surface area contributed by atoms with Crippen molar-refractivity contribution in [3.05, 3.63) is 30.3 Å². The van der Waals surface area contributed by atoms with Gasteiger partial charge in [0.05, 0.1) is 12.0 Å². The molecule has 11 heteroatoms. The zero-order valence-corrected chi connectivity index (χ0v) is 19.8. The van der Waals surface area contributed by atoms with E-state index in [1.807, 2.05) is 20.1 Å². The Hall–Kier alpha value is -2.11. The number of esters is 2. The highest BCUT2D eigenvalue weighted by molar-refractivity contribution is 7.98. The first-order chi connectivity index (χ1) is 14.6. The van der Waals surface area contributed by atoms with Crippen LogP contribution in [0, 0.1) is 5.92 Å². The van der Waals surface area contributed by atoms with Crippen LogP contribution in [0.5, 0.6) is 0 Å². The second-order valence-electron chi connectivity index (χ2n) is 7.15. The number of ether oxygens (including phenoxy) is 2. The van der Waals surface area contributed by atoms with E-state index in [1.165, 1.54) is 31.0 Å². The van der Waals surface area contributed by atoms with Gasteiger partial charge in [-0.2, -0.15) is 16.5 Å². The molecule has 2 unspecified atom stereocenters. The molecule has 1 rings (SSSR count). The van der Waals surface area contributed by atoms with Crippen molar-refractivity contribution in [2.75, 3.05) is 25.7 Å². The Balaban J connectivity index is 2.76. The van der Waals surface area contributed by atoms with E-state index in [2.05, 4.69) is 14.8 Å². The number of nitrogens with one attached hydrogen (secondary N) is 2. The van der Waals surface area contributed by atoms with Crippen LogP contribution in [0.4, 0.5) is 0 Å². The minimum absolute atomic E-state index is 0.0179. The molecule has 0 fully saturated rings. The van der Waals surface area contributed by atoms with Gasteiger partial charge in [-0.25, -0.2) is 13.2 Å². The van der Waals surface area contributed by atoms with Crippen LogP contribution in [0.3, 0.4) is 0 Å². The van der Waals surface area contributed by atoms with E-state index < -0.39 is 46.6 Å². The van der Waals surface area contributed by atoms with Crippen molar-refractivity contribution in [1.29, 1.82) is 0 Å². The Labute approximate surface area is 187 Å². The third kappa shape index (κ3) is 9.70. The van der Waals surface area contributed by atoms with E-state index in [0.717, 1.165) is 0 Å². The van der Waals surface area contributed by atoms with Crippen molar-refractivity contribution < 1.29 is 32.3 Å². The molecule has 0 spiro atoms. The molecule has 0 aromatic heterocycles. The van der Waals surface area contributed by atoms with Gasteiger partial charge in [0.2, 0.25) is 10.0 Å². The summed E-state index contributed by atoms with van der Waals surface area (Å²) in [5, 5.41) is 2.48. The van der Waals surface area contributed by atoms with Gasteiger partial charge in [-0.1, -0.05) is 32.0 Å². The quantitative estimate of drug-likeness (QED) is 0.410. The number of rotatable bonds is 13. The number of thioether (sulfide) groups is 1. The van der Waals surface area contributed by atoms with Crippen LogP contribution in [0.15, 0.2) is 35.2 Å². The molecule has 0 heterocycles. The topological polar surface area (TPSA) is 128 Å². The molecular weight excluding hydrogens is 444 g/mol. The van der Waals surface area contributed by atoms with Gasteiger partial charge >= 0.3 is 11.9 Å². The van der Waals surface area contributed by atoms with Gasteiger partial charge in [-0.3, -0.25) is 9.59 Å². The van der Waals surface area contributed by atoms with Gasteiger partial charge in [-0.15, -0.1) is 0 Å². The van der Waals surface area contributed by atoms with Gasteiger partial charge in [0.15, 0.2) is 6.61 Å². The van der Waals surface area contributed by atoms with E-state index in [9.17, 15) is 22.8 Å². The molecule has 1 amide bonds. The number of sulfonamides is 1. The summed E-state index contributed by atoms with van der Waals surface area (Å²) >= 11 is 1.44. The average Bonchev–Trinajstić information content (AvgIpc) is 2.74. The number of hydrogen-bond donors (Lipinski definition) is 2. The largest absolute Gasteiger partial charge is 0.467 e. The highest BCUT2D eigenvalue weighted by Gasteiger charge is 2.28. The second kappa shape index (κ2) is 13.3. The zero-order valence-electron chi connectivity index (χ0n) is 18.1. The maximum absolute atomic E-state index is 12.5. The number of benzene rings is 1. The van der Waals surface area contributed by atoms with Gasteiger partial charge in [0.1, 0.15) is 12.1 Å². The SMILES string of the molecule is COC(=O)C(CC(C)C)NC(=O)COC(=O)C(CCSC)NS(=O)(=O)c1ccccc1. The van der Waals surface area contributed by atoms with Gasteiger partial charge < -0.3 is 14.8 Å². The van der Waals surface area contributed by atoms with Crippen LogP contribution in [-0.4, -0.2) is 64.1 Å². The van der Waals surface area contributed by atoms with Crippen molar-refractivity contribution in [3.63, 3.8) is 0 Å². The van der Waals surface area contributed by atoms with E-state index in [0.29, 0.717) is 12.2 Å². The molecule has 9 nitrogen and oxygen atoms in total. The lowest BCUT2D eigenvalue weighted by Gasteiger charge is -2.20. The zero-order chi connectivity index (χ0) is 23.4. The third-order valence-electron chi connectivity index (χ3n) is 4.12. The Morgan fingerprint density at radius 1 is 1.06 bits per heavy atom. The lowest BCUT2D eigenvalue weighted by molar-refractivity contribution is -0.151. The Morgan fingerprint density at radius 3 is 2.26 bits per heavy atom. The predicted molar refractivity (Wildman–Crippen MR) is 118 cm³/mol. The van der Waals surface area contributed by atoms with Gasteiger partial charge in [0, 0.05) is 0 Å². The Kier molecular flexibility index (Phi) is 11.6. The van der Waals surface area contributed by atoms with Crippen LogP contribution in [0.1, 0.15) is 26.7 Å². The molecule has 1 aromatic carbocycles. The van der Waals surface area contributed by atoms with Crippen LogP contribution in [0.2, 0.25) is 0 Å². The molecule has 0 saturated carbocycles. The first-order valence-electron chi connectivity index (χ1n) is 9.70. The van der Waals surface area contributed by atoms with Crippen LogP contribution in [0.25, 0.3) is 0 Å². The number of carbonyl (C=O) groups is 3. The second-order valence-corrected chi connectivity index (χ2v) is 9.85. The summed E-state index contributed by atoms with van der Waals surface area (Å²) in [5.74, 6) is -1.53. The summed E-state index contributed by atoms with van der Waals surface area (Å²) < 4.78 is 37.1. The molecule has 0 radical (unpaired) electrons. The molecular formula is C20H30N2O7S2. The lowest BCUT2D eigenvalue weighted by atomic mass is 10.0. The average molecular weight is 475 g/mol. The van der Waals surface area contributed by atoms with Gasteiger partial charge in [0.25, 0.3) is 5.91 Å². The fourth-order valence-electron chi connectivity index (χ4n) is 2.62. The van der Waals surface area contributed by atoms with E-state index in [-0.39, 0.29) is 17.2 Å². The first kappa shape index (κ1) is 26.9. The summed E-state index contributed by atoms with van der Waals surface area (Å²) in [6.07, 6.45) is 2.37. The highest BCUT2D eigenvalue weighted by Crippen LogP contribution is 2.11. The molecule has 0 aliphatic carbocycles. The minimum Gasteiger partial charge on any atom is -0.467 e. The molecule has 2 atom stereocenters. The molecule has 2 N–H and O–H groups in total. The number of hydrogen-bond acceptors (Lipinski definition) is 8.